The maximum atomic E-state index is 13.5. The zero-order valence-corrected chi connectivity index (χ0v) is 12.5. The van der Waals surface area contributed by atoms with Crippen molar-refractivity contribution in [1.82, 2.24) is 4.98 Å². The largest absolute Gasteiger partial charge is 0.449 e. The molecule has 1 unspecified atom stereocenters. The summed E-state index contributed by atoms with van der Waals surface area (Å²) >= 11 is 0. The van der Waals surface area contributed by atoms with Crippen LogP contribution in [0.5, 0.6) is 0 Å². The Kier molecular flexibility index (Phi) is 5.00. The number of ether oxygens (including phenoxy) is 1. The van der Waals surface area contributed by atoms with Crippen LogP contribution in [0.25, 0.3) is 0 Å². The van der Waals surface area contributed by atoms with Crippen molar-refractivity contribution < 1.29 is 23.1 Å². The van der Waals surface area contributed by atoms with Crippen LogP contribution in [0.15, 0.2) is 36.5 Å². The van der Waals surface area contributed by atoms with Crippen molar-refractivity contribution in [2.45, 2.75) is 20.0 Å². The summed E-state index contributed by atoms with van der Waals surface area (Å²) in [6.45, 7) is 3.09. The van der Waals surface area contributed by atoms with Crippen molar-refractivity contribution in [3.8, 4) is 0 Å². The molecule has 0 saturated heterocycles. The molecule has 5 nitrogen and oxygen atoms in total. The number of hydrogen-bond acceptors (Lipinski definition) is 4. The van der Waals surface area contributed by atoms with Gasteiger partial charge in [-0.05, 0) is 38.1 Å². The summed E-state index contributed by atoms with van der Waals surface area (Å²) in [6, 6.07) is 5.80. The van der Waals surface area contributed by atoms with E-state index in [0.29, 0.717) is 0 Å². The van der Waals surface area contributed by atoms with E-state index in [-0.39, 0.29) is 11.3 Å². The van der Waals surface area contributed by atoms with E-state index in [9.17, 15) is 18.4 Å². The molecule has 0 aliphatic carbocycles. The Morgan fingerprint density at radius 2 is 1.96 bits per heavy atom. The van der Waals surface area contributed by atoms with E-state index in [1.165, 1.54) is 19.2 Å². The molecule has 0 bridgehead atoms. The Bertz CT molecular complexity index is 733. The molecule has 1 atom stereocenters. The van der Waals surface area contributed by atoms with Gasteiger partial charge in [0.25, 0.3) is 5.91 Å². The molecule has 7 heteroatoms. The number of halogens is 2. The van der Waals surface area contributed by atoms with Gasteiger partial charge in [-0.2, -0.15) is 0 Å². The predicted octanol–water partition coefficient (Wildman–Crippen LogP) is 2.85. The Balaban J connectivity index is 2.01. The van der Waals surface area contributed by atoms with E-state index in [2.05, 4.69) is 10.3 Å². The highest BCUT2D eigenvalue weighted by atomic mass is 19.1. The number of aromatic nitrogens is 1. The van der Waals surface area contributed by atoms with Crippen LogP contribution in [0.3, 0.4) is 0 Å². The second-order valence-corrected chi connectivity index (χ2v) is 4.85. The first-order valence-corrected chi connectivity index (χ1v) is 6.76. The number of carbonyl (C=O) groups is 2. The summed E-state index contributed by atoms with van der Waals surface area (Å²) in [5.74, 6) is -3.00. The highest BCUT2D eigenvalue weighted by Gasteiger charge is 2.20. The van der Waals surface area contributed by atoms with E-state index in [1.807, 2.05) is 0 Å². The Morgan fingerprint density at radius 1 is 1.22 bits per heavy atom. The van der Waals surface area contributed by atoms with E-state index >= 15 is 0 Å². The molecule has 0 spiro atoms. The van der Waals surface area contributed by atoms with Crippen LogP contribution in [0.1, 0.15) is 23.0 Å². The fourth-order valence-electron chi connectivity index (χ4n) is 1.70. The molecule has 1 heterocycles. The highest BCUT2D eigenvalue weighted by molar-refractivity contribution is 5.97. The molecule has 0 saturated carbocycles. The SMILES string of the molecule is Cc1ccc(C(=O)OC(C)C(=O)Nc2cc(F)ccc2F)cn1. The molecule has 1 aromatic carbocycles. The number of esters is 1. The second kappa shape index (κ2) is 6.95. The van der Waals surface area contributed by atoms with E-state index in [1.54, 1.807) is 13.0 Å². The third kappa shape index (κ3) is 4.32. The molecule has 23 heavy (non-hydrogen) atoms. The molecule has 120 valence electrons. The van der Waals surface area contributed by atoms with Gasteiger partial charge < -0.3 is 10.1 Å². The number of pyridine rings is 1. The zero-order chi connectivity index (χ0) is 17.0. The maximum absolute atomic E-state index is 13.5. The van der Waals surface area contributed by atoms with E-state index < -0.39 is 29.6 Å². The first kappa shape index (κ1) is 16.5. The van der Waals surface area contributed by atoms with Gasteiger partial charge in [0.1, 0.15) is 11.6 Å². The minimum atomic E-state index is -1.19. The minimum Gasteiger partial charge on any atom is -0.449 e. The van der Waals surface area contributed by atoms with Crippen molar-refractivity contribution in [2.75, 3.05) is 5.32 Å². The fraction of sp³-hybridized carbons (Fsp3) is 0.188. The van der Waals surface area contributed by atoms with Gasteiger partial charge in [0.2, 0.25) is 0 Å². The second-order valence-electron chi connectivity index (χ2n) is 4.85. The summed E-state index contributed by atoms with van der Waals surface area (Å²) in [5.41, 5.74) is 0.594. The normalized spacial score (nSPS) is 11.7. The Labute approximate surface area is 131 Å². The predicted molar refractivity (Wildman–Crippen MR) is 78.8 cm³/mol. The quantitative estimate of drug-likeness (QED) is 0.880. The van der Waals surface area contributed by atoms with Gasteiger partial charge in [-0.1, -0.05) is 0 Å². The number of amides is 1. The summed E-state index contributed by atoms with van der Waals surface area (Å²) in [4.78, 5) is 27.7. The average Bonchev–Trinajstić information content (AvgIpc) is 2.51. The molecule has 1 aromatic heterocycles. The van der Waals surface area contributed by atoms with E-state index in [4.69, 9.17) is 4.74 Å². The van der Waals surface area contributed by atoms with Crippen LogP contribution >= 0.6 is 0 Å². The number of nitrogens with zero attached hydrogens (tertiary/aromatic N) is 1. The molecule has 1 N–H and O–H groups in total. The fourth-order valence-corrected chi connectivity index (χ4v) is 1.70. The van der Waals surface area contributed by atoms with Crippen molar-refractivity contribution >= 4 is 17.6 Å². The van der Waals surface area contributed by atoms with Gasteiger partial charge in [-0.3, -0.25) is 9.78 Å². The van der Waals surface area contributed by atoms with Gasteiger partial charge in [-0.15, -0.1) is 0 Å². The number of rotatable bonds is 4. The third-order valence-corrected chi connectivity index (χ3v) is 2.99. The van der Waals surface area contributed by atoms with Gasteiger partial charge in [0.05, 0.1) is 11.3 Å². The standard InChI is InChI=1S/C16H14F2N2O3/c1-9-3-4-11(8-19-9)16(22)23-10(2)15(21)20-14-7-12(17)5-6-13(14)18/h3-8,10H,1-2H3,(H,20,21). The smallest absolute Gasteiger partial charge is 0.340 e. The number of hydrogen-bond donors (Lipinski definition) is 1. The van der Waals surface area contributed by atoms with Crippen molar-refractivity contribution in [1.29, 1.82) is 0 Å². The summed E-state index contributed by atoms with van der Waals surface area (Å²) < 4.78 is 31.5. The molecule has 2 aromatic rings. The summed E-state index contributed by atoms with van der Waals surface area (Å²) in [5, 5.41) is 2.17. The lowest BCUT2D eigenvalue weighted by atomic mass is 10.2. The topological polar surface area (TPSA) is 68.3 Å². The first-order chi connectivity index (χ1) is 10.9. The number of anilines is 1. The lowest BCUT2D eigenvalue weighted by Crippen LogP contribution is -2.30. The molecule has 0 aliphatic heterocycles. The van der Waals surface area contributed by atoms with E-state index in [0.717, 1.165) is 23.9 Å². The summed E-state index contributed by atoms with van der Waals surface area (Å²) in [7, 11) is 0. The summed E-state index contributed by atoms with van der Waals surface area (Å²) in [6.07, 6.45) is 0.139. The lowest BCUT2D eigenvalue weighted by molar-refractivity contribution is -0.123. The van der Waals surface area contributed by atoms with Gasteiger partial charge in [0, 0.05) is 18.0 Å². The van der Waals surface area contributed by atoms with Crippen LogP contribution < -0.4 is 5.32 Å². The van der Waals surface area contributed by atoms with Crippen LogP contribution in [0, 0.1) is 18.6 Å². The molecular weight excluding hydrogens is 306 g/mol. The number of carbonyl (C=O) groups excluding carboxylic acids is 2. The van der Waals surface area contributed by atoms with Gasteiger partial charge in [-0.25, -0.2) is 13.6 Å². The minimum absolute atomic E-state index is 0.187. The van der Waals surface area contributed by atoms with Crippen LogP contribution in [0.2, 0.25) is 0 Å². The Hall–Kier alpha value is -2.83. The van der Waals surface area contributed by atoms with Crippen LogP contribution in [-0.2, 0) is 9.53 Å². The molecule has 0 aliphatic rings. The molecule has 0 fully saturated rings. The molecule has 2 rings (SSSR count). The average molecular weight is 320 g/mol. The van der Waals surface area contributed by atoms with Crippen molar-refractivity contribution in [2.24, 2.45) is 0 Å². The number of nitrogens with one attached hydrogen (secondary N) is 1. The van der Waals surface area contributed by atoms with Crippen LogP contribution in [-0.4, -0.2) is 23.0 Å². The third-order valence-electron chi connectivity index (χ3n) is 2.99. The monoisotopic (exact) mass is 320 g/mol. The molecular formula is C16H14F2N2O3. The molecule has 1 amide bonds. The Morgan fingerprint density at radius 3 is 2.61 bits per heavy atom. The van der Waals surface area contributed by atoms with Crippen LogP contribution in [0.4, 0.5) is 14.5 Å². The van der Waals surface area contributed by atoms with Crippen molar-refractivity contribution in [3.63, 3.8) is 0 Å². The first-order valence-electron chi connectivity index (χ1n) is 6.76. The lowest BCUT2D eigenvalue weighted by Gasteiger charge is -2.14. The highest BCUT2D eigenvalue weighted by Crippen LogP contribution is 2.16. The zero-order valence-electron chi connectivity index (χ0n) is 12.5. The maximum Gasteiger partial charge on any atom is 0.340 e. The molecule has 0 radical (unpaired) electrons. The van der Waals surface area contributed by atoms with Crippen molar-refractivity contribution in [3.05, 3.63) is 59.4 Å². The van der Waals surface area contributed by atoms with Gasteiger partial charge >= 0.3 is 5.97 Å². The van der Waals surface area contributed by atoms with Gasteiger partial charge in [0.15, 0.2) is 6.10 Å². The number of aryl methyl sites for hydroxylation is 1. The number of benzene rings is 1.